The molecule has 2 amide bonds. The standard InChI is InChI=1S/C26H31Br4N5O7.C2HF3O2/c1-40-22-17(29)12-26(23(36)20(22)30)13-19(35-42-26)25(38)33-7-4-8-41-21-15(27)9-14(10-16(21)28)11-18(34-39)24(37)32-6-3-2-5-31;3-2(4,5)1(6)7/h9-10,12,23,36,39H,2-8,11,13,31H2,1H3,(H,32,37)(H,33,38);(H,6,7)/b34-18+;/t23-,26+;/m1./s1. The lowest BCUT2D eigenvalue weighted by atomic mass is 9.87. The van der Waals surface area contributed by atoms with Crippen molar-refractivity contribution in [1.82, 2.24) is 10.6 Å². The summed E-state index contributed by atoms with van der Waals surface area (Å²) >= 11 is 13.7. The normalized spacial score (nSPS) is 18.9. The number of benzene rings is 1. The molecule has 1 aromatic carbocycles. The molecule has 0 radical (unpaired) electrons. The lowest BCUT2D eigenvalue weighted by Gasteiger charge is -2.33. The van der Waals surface area contributed by atoms with Crippen LogP contribution in [0.25, 0.3) is 0 Å². The number of halogens is 7. The van der Waals surface area contributed by atoms with E-state index in [-0.39, 0.29) is 24.3 Å². The Morgan fingerprint density at radius 3 is 2.29 bits per heavy atom. The maximum absolute atomic E-state index is 12.7. The molecule has 3 rings (SSSR count). The van der Waals surface area contributed by atoms with Crippen LogP contribution in [0.5, 0.6) is 5.75 Å². The number of nitrogens with two attached hydrogens (primary N) is 1. The Hall–Kier alpha value is -2.72. The van der Waals surface area contributed by atoms with Gasteiger partial charge >= 0.3 is 12.1 Å². The minimum absolute atomic E-state index is 0.0142. The summed E-state index contributed by atoms with van der Waals surface area (Å²) in [5.41, 5.74) is 5.10. The maximum Gasteiger partial charge on any atom is 0.490 e. The second-order valence-corrected chi connectivity index (χ2v) is 13.6. The number of methoxy groups -OCH3 is 1. The molecule has 0 unspecified atom stereocenters. The van der Waals surface area contributed by atoms with Gasteiger partial charge in [-0.05, 0) is 113 Å². The van der Waals surface area contributed by atoms with Gasteiger partial charge in [-0.1, -0.05) is 10.3 Å². The number of carboxylic acid groups (broad SMARTS) is 1. The molecule has 2 aliphatic rings. The number of nitrogens with zero attached hydrogens (tertiary/aromatic N) is 2. The zero-order chi connectivity index (χ0) is 36.9. The van der Waals surface area contributed by atoms with Crippen LogP contribution in [0.4, 0.5) is 13.2 Å². The lowest BCUT2D eigenvalue weighted by Crippen LogP contribution is -2.45. The highest BCUT2D eigenvalue weighted by atomic mass is 79.9. The Balaban J connectivity index is 0.00000107. The molecular formula is C28H32Br4F3N5O9. The van der Waals surface area contributed by atoms with Crippen LogP contribution in [-0.2, 0) is 30.4 Å². The Morgan fingerprint density at radius 1 is 1.12 bits per heavy atom. The number of aliphatic carboxylic acids is 1. The first-order chi connectivity index (χ1) is 23.0. The summed E-state index contributed by atoms with van der Waals surface area (Å²) in [6.07, 6.45) is -2.34. The second-order valence-electron chi connectivity index (χ2n) is 10.2. The molecule has 1 aromatic rings. The number of unbranched alkanes of at least 4 members (excludes halogenated alkanes) is 1. The molecule has 0 aromatic heterocycles. The summed E-state index contributed by atoms with van der Waals surface area (Å²) < 4.78 is 45.1. The molecule has 2 atom stereocenters. The molecule has 0 fully saturated rings. The fourth-order valence-electron chi connectivity index (χ4n) is 4.15. The smallest absolute Gasteiger partial charge is 0.490 e. The van der Waals surface area contributed by atoms with E-state index >= 15 is 0 Å². The number of alkyl halides is 3. The number of nitrogens with one attached hydrogen (secondary N) is 2. The highest BCUT2D eigenvalue weighted by Gasteiger charge is 2.50. The lowest BCUT2D eigenvalue weighted by molar-refractivity contribution is -0.192. The zero-order valence-corrected chi connectivity index (χ0v) is 31.9. The number of carboxylic acids is 1. The van der Waals surface area contributed by atoms with E-state index in [1.54, 1.807) is 18.2 Å². The second kappa shape index (κ2) is 19.6. The monoisotopic (exact) mass is 955 g/mol. The molecule has 1 aliphatic carbocycles. The first kappa shape index (κ1) is 42.4. The van der Waals surface area contributed by atoms with Gasteiger partial charge in [0.1, 0.15) is 29.0 Å². The van der Waals surface area contributed by atoms with Crippen LogP contribution in [0.2, 0.25) is 0 Å². The largest absolute Gasteiger partial charge is 0.495 e. The van der Waals surface area contributed by atoms with Crippen molar-refractivity contribution in [2.75, 3.05) is 33.4 Å². The molecular weight excluding hydrogens is 927 g/mol. The third-order valence-electron chi connectivity index (χ3n) is 6.57. The van der Waals surface area contributed by atoms with Gasteiger partial charge in [-0.2, -0.15) is 13.2 Å². The fraction of sp³-hybridized carbons (Fsp3) is 0.464. The van der Waals surface area contributed by atoms with Crippen molar-refractivity contribution in [2.45, 2.75) is 50.0 Å². The average Bonchev–Trinajstić information content (AvgIpc) is 3.46. The van der Waals surface area contributed by atoms with Crippen molar-refractivity contribution < 1.29 is 57.3 Å². The zero-order valence-electron chi connectivity index (χ0n) is 25.6. The van der Waals surface area contributed by atoms with Crippen LogP contribution >= 0.6 is 63.7 Å². The van der Waals surface area contributed by atoms with Gasteiger partial charge in [0.2, 0.25) is 0 Å². The van der Waals surface area contributed by atoms with Gasteiger partial charge in [-0.15, -0.1) is 0 Å². The van der Waals surface area contributed by atoms with Crippen molar-refractivity contribution in [3.63, 3.8) is 0 Å². The predicted molar refractivity (Wildman–Crippen MR) is 185 cm³/mol. The molecule has 1 heterocycles. The SMILES string of the molecule is COC1=C(Br)[C@@H](O)[C@]2(C=C1Br)CC(C(=O)NCCCOc1c(Br)cc(C/C(=N\O)C(=O)NCCCCN)cc1Br)=NO2.O=C(O)C(F)(F)F. The van der Waals surface area contributed by atoms with Gasteiger partial charge in [0.15, 0.2) is 5.60 Å². The van der Waals surface area contributed by atoms with Gasteiger partial charge in [-0.3, -0.25) is 9.59 Å². The number of amides is 2. The van der Waals surface area contributed by atoms with Gasteiger partial charge < -0.3 is 46.1 Å². The maximum atomic E-state index is 12.7. The number of carbonyl (C=O) groups excluding carboxylic acids is 2. The van der Waals surface area contributed by atoms with Gasteiger partial charge in [0.05, 0.1) is 31.6 Å². The number of aliphatic hydroxyl groups is 1. The third kappa shape index (κ3) is 12.2. The number of rotatable bonds is 14. The van der Waals surface area contributed by atoms with Gasteiger partial charge in [0.25, 0.3) is 11.8 Å². The van der Waals surface area contributed by atoms with Crippen LogP contribution in [0.1, 0.15) is 31.2 Å². The topological polar surface area (TPSA) is 214 Å². The molecule has 7 N–H and O–H groups in total. The van der Waals surface area contributed by atoms with E-state index in [9.17, 15) is 33.1 Å². The summed E-state index contributed by atoms with van der Waals surface area (Å²) in [5.74, 6) is -2.63. The summed E-state index contributed by atoms with van der Waals surface area (Å²) in [7, 11) is 1.48. The number of carbonyl (C=O) groups is 3. The van der Waals surface area contributed by atoms with Crippen LogP contribution in [0.15, 0.2) is 52.2 Å². The van der Waals surface area contributed by atoms with E-state index in [0.717, 1.165) is 18.4 Å². The summed E-state index contributed by atoms with van der Waals surface area (Å²) in [6.45, 7) is 1.60. The Kier molecular flexibility index (Phi) is 17.0. The number of ether oxygens (including phenoxy) is 2. The van der Waals surface area contributed by atoms with Crippen LogP contribution in [0, 0.1) is 0 Å². The quantitative estimate of drug-likeness (QED) is 0.0671. The molecule has 0 bridgehead atoms. The van der Waals surface area contributed by atoms with Crippen LogP contribution in [0.3, 0.4) is 0 Å². The summed E-state index contributed by atoms with van der Waals surface area (Å²) in [4.78, 5) is 39.4. The first-order valence-corrected chi connectivity index (χ1v) is 17.3. The van der Waals surface area contributed by atoms with E-state index in [0.29, 0.717) is 62.1 Å². The number of oxime groups is 2. The highest BCUT2D eigenvalue weighted by molar-refractivity contribution is 9.12. The minimum atomic E-state index is -5.08. The third-order valence-corrected chi connectivity index (χ3v) is 9.13. The average molecular weight is 959 g/mol. The molecule has 21 heteroatoms. The van der Waals surface area contributed by atoms with Crippen molar-refractivity contribution >= 4 is 92.9 Å². The van der Waals surface area contributed by atoms with E-state index in [4.69, 9.17) is 29.9 Å². The Morgan fingerprint density at radius 2 is 1.73 bits per heavy atom. The summed E-state index contributed by atoms with van der Waals surface area (Å²) in [5, 5.41) is 39.8. The van der Waals surface area contributed by atoms with Crippen LogP contribution < -0.4 is 21.1 Å². The molecule has 0 saturated carbocycles. The van der Waals surface area contributed by atoms with E-state index < -0.39 is 35.7 Å². The highest BCUT2D eigenvalue weighted by Crippen LogP contribution is 2.44. The van der Waals surface area contributed by atoms with Crippen LogP contribution in [-0.4, -0.2) is 95.9 Å². The number of hydrogen-bond acceptors (Lipinski definition) is 11. The minimum Gasteiger partial charge on any atom is -0.495 e. The molecule has 1 spiro atoms. The van der Waals surface area contributed by atoms with Crippen molar-refractivity contribution in [1.29, 1.82) is 0 Å². The number of hydrogen-bond donors (Lipinski definition) is 6. The Labute approximate surface area is 311 Å². The first-order valence-electron chi connectivity index (χ1n) is 14.1. The van der Waals surface area contributed by atoms with E-state index in [1.807, 2.05) is 0 Å². The fourth-order valence-corrected chi connectivity index (χ4v) is 7.45. The van der Waals surface area contributed by atoms with Gasteiger partial charge in [-0.25, -0.2) is 4.79 Å². The molecule has 1 aliphatic heterocycles. The summed E-state index contributed by atoms with van der Waals surface area (Å²) in [6, 6.07) is 3.55. The predicted octanol–water partition coefficient (Wildman–Crippen LogP) is 4.38. The number of allylic oxidation sites excluding steroid dienone is 1. The van der Waals surface area contributed by atoms with Crippen molar-refractivity contribution in [3.8, 4) is 5.75 Å². The van der Waals surface area contributed by atoms with Gasteiger partial charge in [0, 0.05) is 25.9 Å². The number of aliphatic hydroxyl groups excluding tert-OH is 1. The van der Waals surface area contributed by atoms with E-state index in [1.165, 1.54) is 7.11 Å². The van der Waals surface area contributed by atoms with Crippen molar-refractivity contribution in [2.24, 2.45) is 16.0 Å². The molecule has 0 saturated heterocycles. The molecule has 14 nitrogen and oxygen atoms in total. The van der Waals surface area contributed by atoms with E-state index in [2.05, 4.69) is 84.7 Å². The Bertz CT molecular complexity index is 1490. The van der Waals surface area contributed by atoms with Crippen molar-refractivity contribution in [3.05, 3.63) is 47.4 Å². The molecule has 49 heavy (non-hydrogen) atoms. The molecule has 272 valence electrons.